The van der Waals surface area contributed by atoms with Crippen molar-refractivity contribution in [3.63, 3.8) is 0 Å². The van der Waals surface area contributed by atoms with Gasteiger partial charge in [0.1, 0.15) is 0 Å². The maximum Gasteiger partial charge on any atom is 0.310 e. The van der Waals surface area contributed by atoms with Gasteiger partial charge in [-0.3, -0.25) is 14.9 Å². The summed E-state index contributed by atoms with van der Waals surface area (Å²) in [7, 11) is 4.48. The van der Waals surface area contributed by atoms with Crippen LogP contribution >= 0.6 is 11.3 Å². The van der Waals surface area contributed by atoms with Crippen LogP contribution in [0, 0.1) is 6.92 Å². The molecule has 0 radical (unpaired) electrons. The van der Waals surface area contributed by atoms with Gasteiger partial charge in [0.15, 0.2) is 23.2 Å². The molecule has 1 heterocycles. The number of thiazole rings is 1. The second kappa shape index (κ2) is 9.04. The number of aromatic nitrogens is 1. The maximum atomic E-state index is 12.0. The molecule has 0 saturated carbocycles. The van der Waals surface area contributed by atoms with Crippen LogP contribution in [0.1, 0.15) is 11.3 Å². The number of carbonyl (C=O) groups is 2. The average molecular weight is 380 g/mol. The van der Waals surface area contributed by atoms with Gasteiger partial charge in [0.25, 0.3) is 5.91 Å². The summed E-state index contributed by atoms with van der Waals surface area (Å²) in [5.41, 5.74) is 1.42. The fraction of sp³-hybridized carbons (Fsp3) is 0.353. The summed E-state index contributed by atoms with van der Waals surface area (Å²) in [4.78, 5) is 27.9. The zero-order valence-electron chi connectivity index (χ0n) is 15.0. The third kappa shape index (κ3) is 5.09. The van der Waals surface area contributed by atoms with E-state index in [1.807, 2.05) is 12.3 Å². The zero-order valence-corrected chi connectivity index (χ0v) is 15.8. The third-order valence-corrected chi connectivity index (χ3v) is 4.18. The van der Waals surface area contributed by atoms with Crippen LogP contribution in [0.25, 0.3) is 0 Å². The second-order valence-corrected chi connectivity index (χ2v) is 6.07. The number of ether oxygens (including phenoxy) is 4. The first-order valence-corrected chi connectivity index (χ1v) is 8.51. The molecule has 0 saturated heterocycles. The van der Waals surface area contributed by atoms with Crippen molar-refractivity contribution in [2.24, 2.45) is 0 Å². The van der Waals surface area contributed by atoms with Gasteiger partial charge in [-0.15, -0.1) is 11.3 Å². The number of carbonyl (C=O) groups excluding carboxylic acids is 2. The van der Waals surface area contributed by atoms with Crippen molar-refractivity contribution < 1.29 is 28.5 Å². The lowest BCUT2D eigenvalue weighted by Crippen LogP contribution is -2.21. The molecule has 26 heavy (non-hydrogen) atoms. The lowest BCUT2D eigenvalue weighted by Gasteiger charge is -2.14. The molecule has 8 nitrogen and oxygen atoms in total. The number of amides is 1. The minimum Gasteiger partial charge on any atom is -0.493 e. The molecule has 0 aliphatic heterocycles. The molecule has 1 amide bonds. The Balaban J connectivity index is 1.93. The van der Waals surface area contributed by atoms with E-state index in [2.05, 4.69) is 10.3 Å². The normalized spacial score (nSPS) is 10.2. The van der Waals surface area contributed by atoms with Crippen molar-refractivity contribution in [2.75, 3.05) is 33.3 Å². The van der Waals surface area contributed by atoms with Gasteiger partial charge >= 0.3 is 5.97 Å². The Hall–Kier alpha value is -2.81. The Labute approximate surface area is 155 Å². The fourth-order valence-electron chi connectivity index (χ4n) is 2.17. The van der Waals surface area contributed by atoms with E-state index in [4.69, 9.17) is 18.9 Å². The number of nitrogens with one attached hydrogen (secondary N) is 1. The first-order chi connectivity index (χ1) is 12.5. The molecular formula is C17H20N2O6S. The molecule has 0 spiro atoms. The van der Waals surface area contributed by atoms with Gasteiger partial charge < -0.3 is 18.9 Å². The van der Waals surface area contributed by atoms with E-state index in [1.54, 1.807) is 12.1 Å². The number of esters is 1. The molecule has 140 valence electrons. The quantitative estimate of drug-likeness (QED) is 0.701. The van der Waals surface area contributed by atoms with E-state index in [9.17, 15) is 9.59 Å². The van der Waals surface area contributed by atoms with E-state index in [0.717, 1.165) is 5.69 Å². The number of hydrogen-bond acceptors (Lipinski definition) is 8. The summed E-state index contributed by atoms with van der Waals surface area (Å²) in [6.45, 7) is 1.44. The molecule has 0 aliphatic rings. The second-order valence-electron chi connectivity index (χ2n) is 5.21. The van der Waals surface area contributed by atoms with Crippen molar-refractivity contribution in [3.8, 4) is 17.2 Å². The molecule has 0 bridgehead atoms. The summed E-state index contributed by atoms with van der Waals surface area (Å²) in [6.07, 6.45) is -0.0413. The van der Waals surface area contributed by atoms with Gasteiger partial charge in [-0.25, -0.2) is 4.98 Å². The molecule has 1 N–H and O–H groups in total. The van der Waals surface area contributed by atoms with Crippen LogP contribution in [0.15, 0.2) is 17.5 Å². The highest BCUT2D eigenvalue weighted by atomic mass is 32.1. The Kier molecular flexibility index (Phi) is 6.79. The highest BCUT2D eigenvalue weighted by Crippen LogP contribution is 2.38. The van der Waals surface area contributed by atoms with Crippen molar-refractivity contribution in [1.82, 2.24) is 4.98 Å². The Bertz CT molecular complexity index is 764. The monoisotopic (exact) mass is 380 g/mol. The van der Waals surface area contributed by atoms with E-state index < -0.39 is 11.9 Å². The van der Waals surface area contributed by atoms with Crippen molar-refractivity contribution in [2.45, 2.75) is 13.3 Å². The molecule has 9 heteroatoms. The predicted octanol–water partition coefficient (Wildman–Crippen LogP) is 2.20. The Morgan fingerprint density at radius 3 is 2.27 bits per heavy atom. The van der Waals surface area contributed by atoms with Gasteiger partial charge in [0, 0.05) is 5.38 Å². The van der Waals surface area contributed by atoms with E-state index in [-0.39, 0.29) is 13.0 Å². The van der Waals surface area contributed by atoms with E-state index in [0.29, 0.717) is 27.9 Å². The van der Waals surface area contributed by atoms with Gasteiger partial charge in [-0.2, -0.15) is 0 Å². The number of hydrogen-bond donors (Lipinski definition) is 1. The average Bonchev–Trinajstić information content (AvgIpc) is 3.03. The summed E-state index contributed by atoms with van der Waals surface area (Å²) < 4.78 is 20.7. The van der Waals surface area contributed by atoms with Crippen LogP contribution in [0.2, 0.25) is 0 Å². The topological polar surface area (TPSA) is 96.0 Å². The maximum absolute atomic E-state index is 12.0. The smallest absolute Gasteiger partial charge is 0.310 e. The number of aryl methyl sites for hydroxylation is 1. The summed E-state index contributed by atoms with van der Waals surface area (Å²) in [5, 5.41) is 4.85. The van der Waals surface area contributed by atoms with Gasteiger partial charge in [0.05, 0.1) is 33.4 Å². The van der Waals surface area contributed by atoms with Gasteiger partial charge in [-0.05, 0) is 24.6 Å². The van der Waals surface area contributed by atoms with Crippen LogP contribution < -0.4 is 19.5 Å². The largest absolute Gasteiger partial charge is 0.493 e. The number of benzene rings is 1. The predicted molar refractivity (Wildman–Crippen MR) is 96.2 cm³/mol. The van der Waals surface area contributed by atoms with Crippen LogP contribution in [0.5, 0.6) is 17.2 Å². The van der Waals surface area contributed by atoms with Gasteiger partial charge in [-0.1, -0.05) is 0 Å². The van der Waals surface area contributed by atoms with Crippen LogP contribution in [0.3, 0.4) is 0 Å². The highest BCUT2D eigenvalue weighted by Gasteiger charge is 2.16. The highest BCUT2D eigenvalue weighted by molar-refractivity contribution is 7.13. The Morgan fingerprint density at radius 2 is 1.77 bits per heavy atom. The summed E-state index contributed by atoms with van der Waals surface area (Å²) in [6, 6.07) is 3.31. The fourth-order valence-corrected chi connectivity index (χ4v) is 2.87. The SMILES string of the molecule is COc1cc(CC(=O)OCC(=O)Nc2nc(C)cs2)cc(OC)c1OC. The molecule has 0 aliphatic carbocycles. The van der Waals surface area contributed by atoms with Crippen molar-refractivity contribution in [1.29, 1.82) is 0 Å². The Morgan fingerprint density at radius 1 is 1.12 bits per heavy atom. The minimum atomic E-state index is -0.551. The molecule has 0 atom stereocenters. The molecule has 1 aromatic carbocycles. The van der Waals surface area contributed by atoms with Crippen molar-refractivity contribution in [3.05, 3.63) is 28.8 Å². The lowest BCUT2D eigenvalue weighted by molar-refractivity contribution is -0.146. The first-order valence-electron chi connectivity index (χ1n) is 7.63. The molecule has 2 rings (SSSR count). The first kappa shape index (κ1) is 19.5. The summed E-state index contributed by atoms with van der Waals surface area (Å²) in [5.74, 6) is 0.311. The van der Waals surface area contributed by atoms with Gasteiger partial charge in [0.2, 0.25) is 5.75 Å². The molecular weight excluding hydrogens is 360 g/mol. The molecule has 1 aromatic heterocycles. The lowest BCUT2D eigenvalue weighted by atomic mass is 10.1. The number of methoxy groups -OCH3 is 3. The third-order valence-electron chi connectivity index (χ3n) is 3.30. The van der Waals surface area contributed by atoms with E-state index in [1.165, 1.54) is 32.7 Å². The molecule has 0 fully saturated rings. The van der Waals surface area contributed by atoms with E-state index >= 15 is 0 Å². The number of nitrogens with zero attached hydrogens (tertiary/aromatic N) is 1. The van der Waals surface area contributed by atoms with Crippen LogP contribution in [0.4, 0.5) is 5.13 Å². The standard InChI is InChI=1S/C17H20N2O6S/c1-10-9-26-17(18-10)19-14(20)8-25-15(21)7-11-5-12(22-2)16(24-4)13(6-11)23-3/h5-6,9H,7-8H2,1-4H3,(H,18,19,20). The zero-order chi connectivity index (χ0) is 19.1. The molecule has 2 aromatic rings. The number of rotatable bonds is 8. The van der Waals surface area contributed by atoms with Crippen LogP contribution in [-0.4, -0.2) is 44.8 Å². The van der Waals surface area contributed by atoms with Crippen molar-refractivity contribution >= 4 is 28.3 Å². The minimum absolute atomic E-state index is 0.0413. The number of anilines is 1. The molecule has 0 unspecified atom stereocenters. The van der Waals surface area contributed by atoms with Crippen LogP contribution in [-0.2, 0) is 20.7 Å². The summed E-state index contributed by atoms with van der Waals surface area (Å²) >= 11 is 1.30.